The molecule has 3 rings (SSSR count). The van der Waals surface area contributed by atoms with E-state index in [1.54, 1.807) is 0 Å². The summed E-state index contributed by atoms with van der Waals surface area (Å²) in [5, 5.41) is 2.87. The number of rotatable bonds is 8. The van der Waals surface area contributed by atoms with Gasteiger partial charge in [0, 0.05) is 25.6 Å². The monoisotopic (exact) mass is 364 g/mol. The average molecular weight is 364 g/mol. The van der Waals surface area contributed by atoms with E-state index >= 15 is 0 Å². The molecule has 0 bridgehead atoms. The summed E-state index contributed by atoms with van der Waals surface area (Å²) in [5.41, 5.74) is 2.31. The van der Waals surface area contributed by atoms with Crippen molar-refractivity contribution in [2.24, 2.45) is 0 Å². The van der Waals surface area contributed by atoms with Gasteiger partial charge in [-0.1, -0.05) is 60.7 Å². The first-order chi connectivity index (χ1) is 13.2. The highest BCUT2D eigenvalue weighted by Crippen LogP contribution is 2.22. The summed E-state index contributed by atoms with van der Waals surface area (Å²) in [4.78, 5) is 26.6. The second kappa shape index (κ2) is 9.91. The van der Waals surface area contributed by atoms with Crippen LogP contribution in [0.3, 0.4) is 0 Å². The van der Waals surface area contributed by atoms with E-state index in [0.717, 1.165) is 37.8 Å². The van der Waals surface area contributed by atoms with E-state index in [4.69, 9.17) is 0 Å². The zero-order chi connectivity index (χ0) is 18.9. The number of carbonyl (C=O) groups excluding carboxylic acids is 2. The van der Waals surface area contributed by atoms with Gasteiger partial charge in [-0.15, -0.1) is 0 Å². The van der Waals surface area contributed by atoms with E-state index in [9.17, 15) is 9.59 Å². The molecule has 4 nitrogen and oxygen atoms in total. The van der Waals surface area contributed by atoms with Crippen LogP contribution in [0.5, 0.6) is 0 Å². The molecule has 0 saturated carbocycles. The first-order valence-electron chi connectivity index (χ1n) is 9.86. The number of nitrogens with zero attached hydrogens (tertiary/aromatic N) is 1. The summed E-state index contributed by atoms with van der Waals surface area (Å²) in [5.74, 6) is 0.127. The Morgan fingerprint density at radius 3 is 2.33 bits per heavy atom. The van der Waals surface area contributed by atoms with Crippen LogP contribution >= 0.6 is 0 Å². The van der Waals surface area contributed by atoms with Gasteiger partial charge in [0.15, 0.2) is 0 Å². The fourth-order valence-electron chi connectivity index (χ4n) is 3.74. The van der Waals surface area contributed by atoms with E-state index < -0.39 is 0 Å². The van der Waals surface area contributed by atoms with Gasteiger partial charge < -0.3 is 10.2 Å². The molecular formula is C23H28N2O2. The van der Waals surface area contributed by atoms with E-state index in [1.165, 1.54) is 5.56 Å². The van der Waals surface area contributed by atoms with Crippen LogP contribution < -0.4 is 5.32 Å². The van der Waals surface area contributed by atoms with E-state index in [1.807, 2.05) is 41.3 Å². The van der Waals surface area contributed by atoms with Crippen molar-refractivity contribution >= 4 is 11.8 Å². The van der Waals surface area contributed by atoms with Gasteiger partial charge in [0.2, 0.25) is 11.8 Å². The predicted molar refractivity (Wildman–Crippen MR) is 107 cm³/mol. The van der Waals surface area contributed by atoms with Crippen LogP contribution in [0.25, 0.3) is 0 Å². The first-order valence-corrected chi connectivity index (χ1v) is 9.86. The number of likely N-dealkylation sites (tertiary alicyclic amines) is 1. The minimum Gasteiger partial charge on any atom is -0.355 e. The number of aryl methyl sites for hydroxylation is 1. The van der Waals surface area contributed by atoms with Crippen LogP contribution in [0.15, 0.2) is 60.7 Å². The predicted octanol–water partition coefficient (Wildman–Crippen LogP) is 3.36. The van der Waals surface area contributed by atoms with Crippen molar-refractivity contribution < 1.29 is 9.59 Å². The lowest BCUT2D eigenvalue weighted by molar-refractivity contribution is -0.132. The SMILES string of the molecule is O=C(Cc1ccccc1)NCCC(=O)N1CCCC1CCc1ccccc1. The van der Waals surface area contributed by atoms with E-state index in [0.29, 0.717) is 25.4 Å². The number of hydrogen-bond donors (Lipinski definition) is 1. The number of hydrogen-bond acceptors (Lipinski definition) is 2. The van der Waals surface area contributed by atoms with Crippen LogP contribution in [0, 0.1) is 0 Å². The van der Waals surface area contributed by atoms with Gasteiger partial charge in [-0.25, -0.2) is 0 Å². The van der Waals surface area contributed by atoms with E-state index in [2.05, 4.69) is 29.6 Å². The van der Waals surface area contributed by atoms with Crippen LogP contribution in [-0.2, 0) is 22.4 Å². The van der Waals surface area contributed by atoms with Crippen LogP contribution in [0.1, 0.15) is 36.8 Å². The summed E-state index contributed by atoms with van der Waals surface area (Å²) < 4.78 is 0. The third kappa shape index (κ3) is 5.95. The maximum absolute atomic E-state index is 12.6. The Bertz CT molecular complexity index is 731. The molecule has 0 radical (unpaired) electrons. The molecule has 1 N–H and O–H groups in total. The van der Waals surface area contributed by atoms with Crippen molar-refractivity contribution in [3.05, 3.63) is 71.8 Å². The molecule has 2 aromatic rings. The smallest absolute Gasteiger partial charge is 0.224 e. The normalized spacial score (nSPS) is 16.3. The summed E-state index contributed by atoms with van der Waals surface area (Å²) in [6.45, 7) is 1.25. The molecule has 1 aliphatic heterocycles. The van der Waals surface area contributed by atoms with Crippen LogP contribution in [0.4, 0.5) is 0 Å². The molecule has 2 aromatic carbocycles. The molecule has 1 aliphatic rings. The lowest BCUT2D eigenvalue weighted by Crippen LogP contribution is -2.38. The molecule has 1 unspecified atom stereocenters. The van der Waals surface area contributed by atoms with Crippen molar-refractivity contribution in [2.45, 2.75) is 44.6 Å². The number of nitrogens with one attached hydrogen (secondary N) is 1. The van der Waals surface area contributed by atoms with Crippen molar-refractivity contribution in [3.8, 4) is 0 Å². The van der Waals surface area contributed by atoms with Gasteiger partial charge in [-0.2, -0.15) is 0 Å². The van der Waals surface area contributed by atoms with Crippen molar-refractivity contribution in [2.75, 3.05) is 13.1 Å². The zero-order valence-corrected chi connectivity index (χ0v) is 15.8. The Morgan fingerprint density at radius 1 is 0.963 bits per heavy atom. The van der Waals surface area contributed by atoms with Crippen LogP contribution in [0.2, 0.25) is 0 Å². The Hall–Kier alpha value is -2.62. The largest absolute Gasteiger partial charge is 0.355 e. The van der Waals surface area contributed by atoms with Crippen molar-refractivity contribution in [3.63, 3.8) is 0 Å². The lowest BCUT2D eigenvalue weighted by Gasteiger charge is -2.25. The molecule has 1 fully saturated rings. The maximum Gasteiger partial charge on any atom is 0.224 e. The number of benzene rings is 2. The lowest BCUT2D eigenvalue weighted by atomic mass is 10.0. The minimum atomic E-state index is -0.0314. The zero-order valence-electron chi connectivity index (χ0n) is 15.8. The molecule has 4 heteroatoms. The Labute approximate surface area is 161 Å². The average Bonchev–Trinajstić information content (AvgIpc) is 3.16. The topological polar surface area (TPSA) is 49.4 Å². The molecule has 142 valence electrons. The maximum atomic E-state index is 12.6. The fraction of sp³-hybridized carbons (Fsp3) is 0.391. The highest BCUT2D eigenvalue weighted by Gasteiger charge is 2.27. The van der Waals surface area contributed by atoms with Crippen molar-refractivity contribution in [1.29, 1.82) is 0 Å². The van der Waals surface area contributed by atoms with E-state index in [-0.39, 0.29) is 11.8 Å². The Balaban J connectivity index is 1.39. The molecule has 0 aliphatic carbocycles. The second-order valence-corrected chi connectivity index (χ2v) is 7.17. The third-order valence-corrected chi connectivity index (χ3v) is 5.18. The Morgan fingerprint density at radius 2 is 1.63 bits per heavy atom. The standard InChI is InChI=1S/C23H28N2O2/c26-22(18-20-10-5-2-6-11-20)24-16-15-23(27)25-17-7-12-21(25)14-13-19-8-3-1-4-9-19/h1-6,8-11,21H,7,12-18H2,(H,24,26). The van der Waals surface area contributed by atoms with Gasteiger partial charge in [-0.05, 0) is 36.8 Å². The second-order valence-electron chi connectivity index (χ2n) is 7.17. The van der Waals surface area contributed by atoms with Gasteiger partial charge in [0.1, 0.15) is 0 Å². The fourth-order valence-corrected chi connectivity index (χ4v) is 3.74. The molecule has 1 heterocycles. The van der Waals surface area contributed by atoms with Gasteiger partial charge in [0.05, 0.1) is 6.42 Å². The molecule has 27 heavy (non-hydrogen) atoms. The summed E-state index contributed by atoms with van der Waals surface area (Å²) in [7, 11) is 0. The van der Waals surface area contributed by atoms with Gasteiger partial charge in [0.25, 0.3) is 0 Å². The van der Waals surface area contributed by atoms with Crippen molar-refractivity contribution in [1.82, 2.24) is 10.2 Å². The summed E-state index contributed by atoms with van der Waals surface area (Å²) in [6, 6.07) is 20.4. The summed E-state index contributed by atoms with van der Waals surface area (Å²) >= 11 is 0. The molecule has 1 saturated heterocycles. The number of amides is 2. The molecular weight excluding hydrogens is 336 g/mol. The Kier molecular flexibility index (Phi) is 7.03. The molecule has 2 amide bonds. The highest BCUT2D eigenvalue weighted by atomic mass is 16.2. The molecule has 1 atom stereocenters. The third-order valence-electron chi connectivity index (χ3n) is 5.18. The van der Waals surface area contributed by atoms with Gasteiger partial charge in [-0.3, -0.25) is 9.59 Å². The first kappa shape index (κ1) is 19.2. The van der Waals surface area contributed by atoms with Gasteiger partial charge >= 0.3 is 0 Å². The quantitative estimate of drug-likeness (QED) is 0.781. The molecule has 0 aromatic heterocycles. The van der Waals surface area contributed by atoms with Crippen LogP contribution in [-0.4, -0.2) is 35.8 Å². The number of carbonyl (C=O) groups is 2. The molecule has 0 spiro atoms. The summed E-state index contributed by atoms with van der Waals surface area (Å²) in [6.07, 6.45) is 4.91. The highest BCUT2D eigenvalue weighted by molar-refractivity contribution is 5.80. The minimum absolute atomic E-state index is 0.0314.